The van der Waals surface area contributed by atoms with E-state index in [1.54, 1.807) is 0 Å². The minimum absolute atomic E-state index is 0.0594. The quantitative estimate of drug-likeness (QED) is 0.497. The van der Waals surface area contributed by atoms with Gasteiger partial charge in [-0.1, -0.05) is 49.3 Å². The van der Waals surface area contributed by atoms with E-state index in [0.29, 0.717) is 10.9 Å². The molecule has 0 atom stereocenters. The minimum Gasteiger partial charge on any atom is -0.325 e. The number of nitrogens with zero attached hydrogens (tertiary/aromatic N) is 3. The van der Waals surface area contributed by atoms with Crippen molar-refractivity contribution in [3.63, 3.8) is 0 Å². The van der Waals surface area contributed by atoms with Crippen molar-refractivity contribution in [1.82, 2.24) is 14.8 Å². The fraction of sp³-hybridized carbons (Fsp3) is 0.318. The van der Waals surface area contributed by atoms with E-state index in [1.165, 1.54) is 11.8 Å². The largest absolute Gasteiger partial charge is 0.325 e. The van der Waals surface area contributed by atoms with Gasteiger partial charge in [-0.15, -0.1) is 10.2 Å². The van der Waals surface area contributed by atoms with Crippen LogP contribution in [0.1, 0.15) is 25.0 Å². The van der Waals surface area contributed by atoms with Gasteiger partial charge in [0.1, 0.15) is 0 Å². The van der Waals surface area contributed by atoms with Gasteiger partial charge >= 0.3 is 0 Å². The summed E-state index contributed by atoms with van der Waals surface area (Å²) in [7, 11) is 0. The van der Waals surface area contributed by atoms with E-state index in [0.717, 1.165) is 39.9 Å². The molecular formula is C22H25ClN4OS. The molecule has 1 aromatic heterocycles. The Morgan fingerprint density at radius 3 is 2.55 bits per heavy atom. The third-order valence-corrected chi connectivity index (χ3v) is 5.80. The summed E-state index contributed by atoms with van der Waals surface area (Å²) in [6, 6.07) is 13.5. The fourth-order valence-electron chi connectivity index (χ4n) is 2.94. The first-order valence-electron chi connectivity index (χ1n) is 9.53. The molecule has 3 aromatic rings. The van der Waals surface area contributed by atoms with Crippen molar-refractivity contribution in [3.8, 4) is 11.4 Å². The highest BCUT2D eigenvalue weighted by Gasteiger charge is 2.17. The van der Waals surface area contributed by atoms with Crippen molar-refractivity contribution >= 4 is 35.0 Å². The molecule has 0 saturated carbocycles. The van der Waals surface area contributed by atoms with E-state index < -0.39 is 0 Å². The molecular weight excluding hydrogens is 404 g/mol. The molecule has 0 bridgehead atoms. The number of thioether (sulfide) groups is 1. The zero-order chi connectivity index (χ0) is 21.0. The van der Waals surface area contributed by atoms with E-state index in [1.807, 2.05) is 56.3 Å². The lowest BCUT2D eigenvalue weighted by molar-refractivity contribution is -0.113. The number of aryl methyl sites for hydroxylation is 1. The predicted molar refractivity (Wildman–Crippen MR) is 121 cm³/mol. The smallest absolute Gasteiger partial charge is 0.234 e. The molecule has 0 fully saturated rings. The molecule has 29 heavy (non-hydrogen) atoms. The number of carbonyl (C=O) groups is 1. The van der Waals surface area contributed by atoms with Gasteiger partial charge in [-0.05, 0) is 61.2 Å². The Bertz CT molecular complexity index is 999. The fourth-order valence-corrected chi connectivity index (χ4v) is 3.81. The number of hydrogen-bond donors (Lipinski definition) is 1. The molecule has 1 N–H and O–H groups in total. The van der Waals surface area contributed by atoms with E-state index in [2.05, 4.69) is 33.9 Å². The number of carbonyl (C=O) groups excluding carboxylic acids is 1. The van der Waals surface area contributed by atoms with E-state index in [-0.39, 0.29) is 11.7 Å². The lowest BCUT2D eigenvalue weighted by atomic mass is 10.1. The van der Waals surface area contributed by atoms with Crippen molar-refractivity contribution in [2.75, 3.05) is 11.1 Å². The molecule has 2 aromatic carbocycles. The predicted octanol–water partition coefficient (Wildman–Crippen LogP) is 5.60. The molecule has 152 valence electrons. The Labute approximate surface area is 180 Å². The summed E-state index contributed by atoms with van der Waals surface area (Å²) in [5, 5.41) is 13.1. The van der Waals surface area contributed by atoms with Crippen molar-refractivity contribution in [2.45, 2.75) is 39.4 Å². The Hall–Kier alpha value is -2.31. The number of amides is 1. The molecule has 0 aliphatic rings. The van der Waals surface area contributed by atoms with Gasteiger partial charge in [-0.25, -0.2) is 0 Å². The van der Waals surface area contributed by atoms with Gasteiger partial charge < -0.3 is 9.88 Å². The molecule has 0 unspecified atom stereocenters. The van der Waals surface area contributed by atoms with Crippen LogP contribution in [0.25, 0.3) is 11.4 Å². The maximum atomic E-state index is 12.5. The highest BCUT2D eigenvalue weighted by Crippen LogP contribution is 2.26. The van der Waals surface area contributed by atoms with Crippen molar-refractivity contribution in [1.29, 1.82) is 0 Å². The van der Waals surface area contributed by atoms with Crippen LogP contribution in [0.3, 0.4) is 0 Å². The first kappa shape index (κ1) is 21.4. The van der Waals surface area contributed by atoms with Gasteiger partial charge in [-0.2, -0.15) is 0 Å². The number of nitrogens with one attached hydrogen (secondary N) is 1. The van der Waals surface area contributed by atoms with Crippen molar-refractivity contribution < 1.29 is 4.79 Å². The number of rotatable bonds is 7. The summed E-state index contributed by atoms with van der Waals surface area (Å²) >= 11 is 7.41. The maximum Gasteiger partial charge on any atom is 0.234 e. The summed E-state index contributed by atoms with van der Waals surface area (Å²) in [6.07, 6.45) is 0. The normalized spacial score (nSPS) is 11.1. The Morgan fingerprint density at radius 1 is 1.14 bits per heavy atom. The highest BCUT2D eigenvalue weighted by atomic mass is 35.5. The van der Waals surface area contributed by atoms with Crippen molar-refractivity contribution in [3.05, 3.63) is 58.6 Å². The number of benzene rings is 2. The van der Waals surface area contributed by atoms with Gasteiger partial charge in [0.15, 0.2) is 11.0 Å². The van der Waals surface area contributed by atoms with Crippen LogP contribution in [0, 0.1) is 19.8 Å². The lowest BCUT2D eigenvalue weighted by Gasteiger charge is -2.13. The van der Waals surface area contributed by atoms with E-state index >= 15 is 0 Å². The van der Waals surface area contributed by atoms with E-state index in [9.17, 15) is 4.79 Å². The number of hydrogen-bond acceptors (Lipinski definition) is 4. The first-order valence-corrected chi connectivity index (χ1v) is 10.9. The van der Waals surface area contributed by atoms with Crippen LogP contribution in [0.5, 0.6) is 0 Å². The van der Waals surface area contributed by atoms with Crippen LogP contribution in [-0.4, -0.2) is 26.4 Å². The topological polar surface area (TPSA) is 59.8 Å². The van der Waals surface area contributed by atoms with Crippen LogP contribution in [0.2, 0.25) is 5.02 Å². The average Bonchev–Trinajstić information content (AvgIpc) is 3.06. The van der Waals surface area contributed by atoms with Gasteiger partial charge in [-0.3, -0.25) is 4.79 Å². The Kier molecular flexibility index (Phi) is 6.98. The molecule has 3 rings (SSSR count). The maximum absolute atomic E-state index is 12.5. The van der Waals surface area contributed by atoms with Gasteiger partial charge in [0.2, 0.25) is 5.91 Å². The molecule has 0 spiro atoms. The molecule has 0 aliphatic carbocycles. The van der Waals surface area contributed by atoms with E-state index in [4.69, 9.17) is 11.6 Å². The van der Waals surface area contributed by atoms with Crippen LogP contribution in [0.4, 0.5) is 5.69 Å². The Morgan fingerprint density at radius 2 is 1.86 bits per heavy atom. The third-order valence-electron chi connectivity index (χ3n) is 4.58. The molecule has 0 aliphatic heterocycles. The summed E-state index contributed by atoms with van der Waals surface area (Å²) < 4.78 is 2.07. The number of aromatic nitrogens is 3. The highest BCUT2D eigenvalue weighted by molar-refractivity contribution is 7.99. The number of halogens is 1. The summed E-state index contributed by atoms with van der Waals surface area (Å²) in [5.74, 6) is 1.41. The standard InChI is InChI=1S/C22H25ClN4OS/c1-14(2)12-27-21(17-8-10-18(23)11-9-17)25-26-22(27)29-13-20(28)24-19-7-5-6-15(3)16(19)4/h5-11,14H,12-13H2,1-4H3,(H,24,28). The van der Waals surface area contributed by atoms with Crippen LogP contribution in [-0.2, 0) is 11.3 Å². The second-order valence-corrected chi connectivity index (χ2v) is 8.78. The molecule has 0 radical (unpaired) electrons. The van der Waals surface area contributed by atoms with Crippen LogP contribution in [0.15, 0.2) is 47.6 Å². The second kappa shape index (κ2) is 9.46. The summed E-state index contributed by atoms with van der Waals surface area (Å²) in [5.41, 5.74) is 4.04. The summed E-state index contributed by atoms with van der Waals surface area (Å²) in [4.78, 5) is 12.5. The molecule has 1 heterocycles. The van der Waals surface area contributed by atoms with Crippen LogP contribution < -0.4 is 5.32 Å². The van der Waals surface area contributed by atoms with Crippen molar-refractivity contribution in [2.24, 2.45) is 5.92 Å². The monoisotopic (exact) mass is 428 g/mol. The molecule has 5 nitrogen and oxygen atoms in total. The molecule has 1 amide bonds. The van der Waals surface area contributed by atoms with Crippen LogP contribution >= 0.6 is 23.4 Å². The lowest BCUT2D eigenvalue weighted by Crippen LogP contribution is -2.16. The average molecular weight is 429 g/mol. The molecule has 7 heteroatoms. The first-order chi connectivity index (χ1) is 13.8. The van der Waals surface area contributed by atoms with Gasteiger partial charge in [0.25, 0.3) is 0 Å². The second-order valence-electron chi connectivity index (χ2n) is 7.40. The van der Waals surface area contributed by atoms with Gasteiger partial charge in [0, 0.05) is 22.8 Å². The van der Waals surface area contributed by atoms with Gasteiger partial charge in [0.05, 0.1) is 5.75 Å². The third kappa shape index (κ3) is 5.40. The Balaban J connectivity index is 1.75. The minimum atomic E-state index is -0.0594. The zero-order valence-electron chi connectivity index (χ0n) is 17.1. The molecule has 0 saturated heterocycles. The summed E-state index contributed by atoms with van der Waals surface area (Å²) in [6.45, 7) is 9.11. The zero-order valence-corrected chi connectivity index (χ0v) is 18.6. The SMILES string of the molecule is Cc1cccc(NC(=O)CSc2nnc(-c3ccc(Cl)cc3)n2CC(C)C)c1C. The number of anilines is 1.